The summed E-state index contributed by atoms with van der Waals surface area (Å²) in [4.78, 5) is 31.0. The van der Waals surface area contributed by atoms with Gasteiger partial charge in [-0.2, -0.15) is 4.98 Å². The average molecular weight is 449 g/mol. The molecule has 10 heteroatoms. The van der Waals surface area contributed by atoms with Crippen LogP contribution in [0.15, 0.2) is 33.7 Å². The van der Waals surface area contributed by atoms with Crippen LogP contribution in [0.2, 0.25) is 0 Å². The number of hydrogen-bond donors (Lipinski definition) is 1. The summed E-state index contributed by atoms with van der Waals surface area (Å²) in [6, 6.07) is 6.48. The van der Waals surface area contributed by atoms with Crippen molar-refractivity contribution in [2.24, 2.45) is 5.92 Å². The van der Waals surface area contributed by atoms with E-state index in [-0.39, 0.29) is 35.6 Å². The highest BCUT2D eigenvalue weighted by atomic mass is 32.2. The van der Waals surface area contributed by atoms with Crippen LogP contribution >= 0.6 is 0 Å². The molecule has 0 spiro atoms. The number of amides is 2. The van der Waals surface area contributed by atoms with Crippen molar-refractivity contribution in [3.05, 3.63) is 41.5 Å². The molecule has 1 fully saturated rings. The van der Waals surface area contributed by atoms with Crippen molar-refractivity contribution in [1.82, 2.24) is 20.4 Å². The molecule has 1 saturated heterocycles. The van der Waals surface area contributed by atoms with Crippen LogP contribution in [0.3, 0.4) is 0 Å². The summed E-state index contributed by atoms with van der Waals surface area (Å²) in [5.74, 6) is 0.621. The van der Waals surface area contributed by atoms with Crippen LogP contribution in [0.1, 0.15) is 44.0 Å². The average Bonchev–Trinajstić information content (AvgIpc) is 3.17. The molecular formula is C21H28N4O5S. The monoisotopic (exact) mass is 448 g/mol. The molecule has 1 aromatic carbocycles. The van der Waals surface area contributed by atoms with Gasteiger partial charge in [0, 0.05) is 19.0 Å². The predicted molar refractivity (Wildman–Crippen MR) is 113 cm³/mol. The molecule has 31 heavy (non-hydrogen) atoms. The van der Waals surface area contributed by atoms with E-state index < -0.39 is 15.1 Å². The fourth-order valence-electron chi connectivity index (χ4n) is 3.47. The Bertz CT molecular complexity index is 1020. The number of rotatable bonds is 7. The fraction of sp³-hybridized carbons (Fsp3) is 0.524. The zero-order valence-corrected chi connectivity index (χ0v) is 18.8. The van der Waals surface area contributed by atoms with E-state index in [9.17, 15) is 18.0 Å². The van der Waals surface area contributed by atoms with E-state index in [1.807, 2.05) is 0 Å². The van der Waals surface area contributed by atoms with Gasteiger partial charge in [0.25, 0.3) is 0 Å². The maximum absolute atomic E-state index is 12.6. The van der Waals surface area contributed by atoms with Gasteiger partial charge in [-0.25, -0.2) is 8.42 Å². The second kappa shape index (κ2) is 9.59. The van der Waals surface area contributed by atoms with Gasteiger partial charge in [0.2, 0.25) is 17.7 Å². The Morgan fingerprint density at radius 1 is 1.19 bits per heavy atom. The Hall–Kier alpha value is -2.75. The standard InChI is InChI=1S/C21H28N4O5S/c1-14(2)31(28,29)18-6-4-16(5-7-18)12-20(26)25-10-8-17(9-11-25)21(27)22-13-19-23-15(3)24-30-19/h4-7,14,17H,8-13H2,1-3H3,(H,22,27). The Labute approximate surface area is 182 Å². The SMILES string of the molecule is Cc1noc(CNC(=O)C2CCN(C(=O)Cc3ccc(S(=O)(=O)C(C)C)cc3)CC2)n1. The van der Waals surface area contributed by atoms with Gasteiger partial charge in [-0.15, -0.1) is 0 Å². The number of carbonyl (C=O) groups excluding carboxylic acids is 2. The van der Waals surface area contributed by atoms with Crippen molar-refractivity contribution in [2.75, 3.05) is 13.1 Å². The van der Waals surface area contributed by atoms with Crippen molar-refractivity contribution in [1.29, 1.82) is 0 Å². The second-order valence-corrected chi connectivity index (χ2v) is 10.5. The van der Waals surface area contributed by atoms with Crippen LogP contribution in [-0.4, -0.2) is 53.6 Å². The molecule has 1 aliphatic heterocycles. The normalized spacial score (nSPS) is 15.3. The van der Waals surface area contributed by atoms with E-state index in [1.165, 1.54) is 0 Å². The first-order valence-electron chi connectivity index (χ1n) is 10.3. The smallest absolute Gasteiger partial charge is 0.246 e. The van der Waals surface area contributed by atoms with Crippen LogP contribution in [0.4, 0.5) is 0 Å². The molecular weight excluding hydrogens is 420 g/mol. The maximum Gasteiger partial charge on any atom is 0.246 e. The Morgan fingerprint density at radius 3 is 2.39 bits per heavy atom. The first-order chi connectivity index (χ1) is 14.7. The molecule has 0 bridgehead atoms. The lowest BCUT2D eigenvalue weighted by Crippen LogP contribution is -2.43. The number of aromatic nitrogens is 2. The van der Waals surface area contributed by atoms with Crippen LogP contribution in [-0.2, 0) is 32.4 Å². The van der Waals surface area contributed by atoms with Gasteiger partial charge in [0.15, 0.2) is 15.7 Å². The number of benzene rings is 1. The van der Waals surface area contributed by atoms with Crippen LogP contribution < -0.4 is 5.32 Å². The van der Waals surface area contributed by atoms with Gasteiger partial charge in [-0.1, -0.05) is 17.3 Å². The molecule has 3 rings (SSSR count). The lowest BCUT2D eigenvalue weighted by atomic mass is 9.95. The van der Waals surface area contributed by atoms with E-state index in [0.717, 1.165) is 5.56 Å². The quantitative estimate of drug-likeness (QED) is 0.683. The summed E-state index contributed by atoms with van der Waals surface area (Å²) < 4.78 is 29.4. The topological polar surface area (TPSA) is 122 Å². The summed E-state index contributed by atoms with van der Waals surface area (Å²) in [6.07, 6.45) is 1.38. The summed E-state index contributed by atoms with van der Waals surface area (Å²) in [6.45, 7) is 6.21. The fourth-order valence-corrected chi connectivity index (χ4v) is 4.53. The van der Waals surface area contributed by atoms with E-state index in [2.05, 4.69) is 15.5 Å². The molecule has 0 radical (unpaired) electrons. The lowest BCUT2D eigenvalue weighted by molar-refractivity contribution is -0.135. The molecule has 0 aliphatic carbocycles. The minimum Gasteiger partial charge on any atom is -0.347 e. The summed E-state index contributed by atoms with van der Waals surface area (Å²) >= 11 is 0. The zero-order valence-electron chi connectivity index (χ0n) is 18.0. The van der Waals surface area contributed by atoms with Crippen molar-refractivity contribution in [3.8, 4) is 0 Å². The summed E-state index contributed by atoms with van der Waals surface area (Å²) in [7, 11) is -3.32. The van der Waals surface area contributed by atoms with Gasteiger partial charge >= 0.3 is 0 Å². The third-order valence-corrected chi connectivity index (χ3v) is 7.60. The molecule has 0 unspecified atom stereocenters. The highest BCUT2D eigenvalue weighted by Gasteiger charge is 2.27. The van der Waals surface area contributed by atoms with Crippen molar-refractivity contribution in [3.63, 3.8) is 0 Å². The maximum atomic E-state index is 12.6. The van der Waals surface area contributed by atoms with Gasteiger partial charge in [0.1, 0.15) is 0 Å². The molecule has 2 heterocycles. The molecule has 2 aromatic rings. The van der Waals surface area contributed by atoms with E-state index in [0.29, 0.717) is 37.6 Å². The van der Waals surface area contributed by atoms with Crippen molar-refractivity contribution < 1.29 is 22.5 Å². The first-order valence-corrected chi connectivity index (χ1v) is 11.9. The molecule has 1 aromatic heterocycles. The van der Waals surface area contributed by atoms with Gasteiger partial charge < -0.3 is 14.7 Å². The number of nitrogens with zero attached hydrogens (tertiary/aromatic N) is 3. The zero-order chi connectivity index (χ0) is 22.6. The molecule has 0 atom stereocenters. The highest BCUT2D eigenvalue weighted by molar-refractivity contribution is 7.92. The Balaban J connectivity index is 1.47. The second-order valence-electron chi connectivity index (χ2n) is 8.02. The molecule has 1 N–H and O–H groups in total. The van der Waals surface area contributed by atoms with E-state index >= 15 is 0 Å². The van der Waals surface area contributed by atoms with Crippen LogP contribution in [0.5, 0.6) is 0 Å². The third kappa shape index (κ3) is 5.69. The number of piperidine rings is 1. The Kier molecular flexibility index (Phi) is 7.09. The number of sulfone groups is 1. The minimum absolute atomic E-state index is 0.0281. The summed E-state index contributed by atoms with van der Waals surface area (Å²) in [5, 5.41) is 6.00. The highest BCUT2D eigenvalue weighted by Crippen LogP contribution is 2.20. The Morgan fingerprint density at radius 2 is 1.84 bits per heavy atom. The largest absolute Gasteiger partial charge is 0.347 e. The molecule has 2 amide bonds. The van der Waals surface area contributed by atoms with Crippen molar-refractivity contribution in [2.45, 2.75) is 56.7 Å². The number of nitrogens with one attached hydrogen (secondary N) is 1. The molecule has 168 valence electrons. The van der Waals surface area contributed by atoms with E-state index in [1.54, 1.807) is 49.9 Å². The van der Waals surface area contributed by atoms with Gasteiger partial charge in [-0.3, -0.25) is 9.59 Å². The number of aryl methyl sites for hydroxylation is 1. The predicted octanol–water partition coefficient (Wildman–Crippen LogP) is 1.66. The molecule has 1 aliphatic rings. The number of carbonyl (C=O) groups is 2. The molecule has 9 nitrogen and oxygen atoms in total. The molecule has 0 saturated carbocycles. The van der Waals surface area contributed by atoms with E-state index in [4.69, 9.17) is 4.52 Å². The number of likely N-dealkylation sites (tertiary alicyclic amines) is 1. The van der Waals surface area contributed by atoms with Crippen molar-refractivity contribution >= 4 is 21.7 Å². The summed E-state index contributed by atoms with van der Waals surface area (Å²) in [5.41, 5.74) is 0.766. The first kappa shape index (κ1) is 22.9. The minimum atomic E-state index is -3.32. The third-order valence-electron chi connectivity index (χ3n) is 5.43. The van der Waals surface area contributed by atoms with Gasteiger partial charge in [-0.05, 0) is 51.3 Å². The lowest BCUT2D eigenvalue weighted by Gasteiger charge is -2.31. The van der Waals surface area contributed by atoms with Crippen LogP contribution in [0, 0.1) is 12.8 Å². The van der Waals surface area contributed by atoms with Gasteiger partial charge in [0.05, 0.1) is 23.1 Å². The van der Waals surface area contributed by atoms with Crippen LogP contribution in [0.25, 0.3) is 0 Å². The number of hydrogen-bond acceptors (Lipinski definition) is 7.